The number of rotatable bonds is 12. The van der Waals surface area contributed by atoms with Crippen molar-refractivity contribution in [2.75, 3.05) is 31.1 Å². The maximum Gasteiger partial charge on any atom is 0.0369 e. The Hall–Kier alpha value is -2.10. The molecule has 4 rings (SSSR count). The minimum absolute atomic E-state index is 0.974. The predicted molar refractivity (Wildman–Crippen MR) is 147 cm³/mol. The molecule has 0 amide bonds. The van der Waals surface area contributed by atoms with Gasteiger partial charge in [-0.25, -0.2) is 0 Å². The number of unbranched alkanes of at least 4 members (excludes halogenated alkanes) is 1. The second kappa shape index (κ2) is 13.1. The zero-order chi connectivity index (χ0) is 23.6. The molecule has 3 nitrogen and oxygen atoms in total. The normalized spacial score (nSPS) is 16.2. The molecule has 2 aromatic carbocycles. The van der Waals surface area contributed by atoms with Crippen LogP contribution >= 0.6 is 0 Å². The average Bonchev–Trinajstić information content (AvgIpc) is 3.38. The lowest BCUT2D eigenvalue weighted by atomic mass is 9.93. The van der Waals surface area contributed by atoms with Crippen LogP contribution in [-0.4, -0.2) is 26.2 Å². The predicted octanol–water partition coefficient (Wildman–Crippen LogP) is 6.61. The fourth-order valence-corrected chi connectivity index (χ4v) is 5.39. The van der Waals surface area contributed by atoms with E-state index < -0.39 is 0 Å². The molecule has 1 saturated heterocycles. The zero-order valence-electron chi connectivity index (χ0n) is 21.6. The van der Waals surface area contributed by atoms with Crippen LogP contribution in [0, 0.1) is 13.8 Å². The largest absolute Gasteiger partial charge is 0.372 e. The smallest absolute Gasteiger partial charge is 0.0369 e. The zero-order valence-corrected chi connectivity index (χ0v) is 21.6. The van der Waals surface area contributed by atoms with Gasteiger partial charge in [-0.3, -0.25) is 0 Å². The van der Waals surface area contributed by atoms with Crippen molar-refractivity contribution in [2.24, 2.45) is 0 Å². The summed E-state index contributed by atoms with van der Waals surface area (Å²) in [5, 5.41) is 7.29. The molecule has 1 fully saturated rings. The Morgan fingerprint density at radius 3 is 2.06 bits per heavy atom. The van der Waals surface area contributed by atoms with Crippen LogP contribution < -0.4 is 15.5 Å². The summed E-state index contributed by atoms with van der Waals surface area (Å²) in [6.45, 7) is 11.1. The van der Waals surface area contributed by atoms with E-state index >= 15 is 0 Å². The summed E-state index contributed by atoms with van der Waals surface area (Å²) in [6.07, 6.45) is 14.0. The minimum atomic E-state index is 0.974. The molecular weight excluding hydrogens is 414 g/mol. The van der Waals surface area contributed by atoms with Gasteiger partial charge in [0.1, 0.15) is 0 Å². The average molecular weight is 460 g/mol. The lowest BCUT2D eigenvalue weighted by molar-refractivity contribution is 0.581. The van der Waals surface area contributed by atoms with Gasteiger partial charge in [-0.1, -0.05) is 35.9 Å². The first-order valence-electron chi connectivity index (χ1n) is 13.7. The molecule has 0 saturated carbocycles. The number of hydrogen-bond acceptors (Lipinski definition) is 3. The Morgan fingerprint density at radius 2 is 1.44 bits per heavy atom. The Bertz CT molecular complexity index is 940. The topological polar surface area (TPSA) is 27.3 Å². The molecule has 0 unspecified atom stereocenters. The third-order valence-electron chi connectivity index (χ3n) is 7.61. The first kappa shape index (κ1) is 25.0. The summed E-state index contributed by atoms with van der Waals surface area (Å²) >= 11 is 0. The first-order chi connectivity index (χ1) is 16.7. The Kier molecular flexibility index (Phi) is 9.64. The summed E-state index contributed by atoms with van der Waals surface area (Å²) in [4.78, 5) is 2.52. The number of nitrogens with one attached hydrogen (secondary N) is 2. The standard InChI is InChI=1S/C31H45N3/c1-25-20-28(22-27-10-4-3-5-11-27)12-13-29(25)23-32-16-6-7-17-33-24-30-14-15-31(21-26(30)2)34-18-8-9-19-34/h10,12-15,20-21,32-33H,3-9,11,16-19,22-24H2,1-2H3. The van der Waals surface area contributed by atoms with Crippen molar-refractivity contribution in [3.63, 3.8) is 0 Å². The van der Waals surface area contributed by atoms with Crippen LogP contribution in [0.4, 0.5) is 5.69 Å². The third kappa shape index (κ3) is 7.45. The van der Waals surface area contributed by atoms with Gasteiger partial charge in [0.15, 0.2) is 0 Å². The van der Waals surface area contributed by atoms with E-state index in [0.29, 0.717) is 0 Å². The van der Waals surface area contributed by atoms with E-state index in [9.17, 15) is 0 Å². The van der Waals surface area contributed by atoms with Gasteiger partial charge >= 0.3 is 0 Å². The highest BCUT2D eigenvalue weighted by Gasteiger charge is 2.13. The van der Waals surface area contributed by atoms with Gasteiger partial charge in [0, 0.05) is 31.9 Å². The third-order valence-corrected chi connectivity index (χ3v) is 7.61. The molecule has 184 valence electrons. The van der Waals surface area contributed by atoms with Gasteiger partial charge in [-0.2, -0.15) is 0 Å². The van der Waals surface area contributed by atoms with Crippen LogP contribution in [0.25, 0.3) is 0 Å². The monoisotopic (exact) mass is 459 g/mol. The molecule has 1 aliphatic heterocycles. The summed E-state index contributed by atoms with van der Waals surface area (Å²) in [6, 6.07) is 14.1. The molecule has 0 bridgehead atoms. The molecule has 34 heavy (non-hydrogen) atoms. The van der Waals surface area contributed by atoms with Crippen LogP contribution in [0.15, 0.2) is 48.0 Å². The number of aryl methyl sites for hydroxylation is 2. The summed E-state index contributed by atoms with van der Waals surface area (Å²) in [5.74, 6) is 0. The van der Waals surface area contributed by atoms with Crippen molar-refractivity contribution in [1.82, 2.24) is 10.6 Å². The van der Waals surface area contributed by atoms with E-state index in [4.69, 9.17) is 0 Å². The van der Waals surface area contributed by atoms with Crippen molar-refractivity contribution in [1.29, 1.82) is 0 Å². The van der Waals surface area contributed by atoms with Crippen molar-refractivity contribution in [3.05, 3.63) is 75.9 Å². The van der Waals surface area contributed by atoms with Crippen molar-refractivity contribution in [2.45, 2.75) is 84.7 Å². The van der Waals surface area contributed by atoms with E-state index in [0.717, 1.165) is 32.6 Å². The second-order valence-corrected chi connectivity index (χ2v) is 10.4. The highest BCUT2D eigenvalue weighted by atomic mass is 15.1. The van der Waals surface area contributed by atoms with E-state index in [1.54, 1.807) is 5.57 Å². The number of hydrogen-bond donors (Lipinski definition) is 2. The lowest BCUT2D eigenvalue weighted by Gasteiger charge is -2.19. The molecule has 2 aromatic rings. The Balaban J connectivity index is 1.09. The van der Waals surface area contributed by atoms with Crippen LogP contribution in [0.5, 0.6) is 0 Å². The summed E-state index contributed by atoms with van der Waals surface area (Å²) < 4.78 is 0. The molecule has 0 atom stereocenters. The molecule has 3 heteroatoms. The minimum Gasteiger partial charge on any atom is -0.372 e. The molecule has 1 heterocycles. The molecule has 2 N–H and O–H groups in total. The highest BCUT2D eigenvalue weighted by Crippen LogP contribution is 2.24. The molecule has 0 spiro atoms. The van der Waals surface area contributed by atoms with Crippen LogP contribution in [0.2, 0.25) is 0 Å². The molecule has 0 aromatic heterocycles. The van der Waals surface area contributed by atoms with Gasteiger partial charge in [-0.15, -0.1) is 0 Å². The second-order valence-electron chi connectivity index (χ2n) is 10.4. The van der Waals surface area contributed by atoms with Crippen molar-refractivity contribution in [3.8, 4) is 0 Å². The van der Waals surface area contributed by atoms with Gasteiger partial charge in [0.25, 0.3) is 0 Å². The van der Waals surface area contributed by atoms with E-state index in [-0.39, 0.29) is 0 Å². The number of benzene rings is 2. The lowest BCUT2D eigenvalue weighted by Crippen LogP contribution is -2.20. The van der Waals surface area contributed by atoms with E-state index in [2.05, 4.69) is 71.9 Å². The van der Waals surface area contributed by atoms with Crippen molar-refractivity contribution >= 4 is 5.69 Å². The van der Waals surface area contributed by atoms with Gasteiger partial charge in [0.2, 0.25) is 0 Å². The van der Waals surface area contributed by atoms with E-state index in [1.807, 2.05) is 0 Å². The SMILES string of the molecule is Cc1cc(CC2=CCCCC2)ccc1CNCCCCNCc1ccc(N2CCCC2)cc1C. The van der Waals surface area contributed by atoms with Crippen LogP contribution in [0.3, 0.4) is 0 Å². The fraction of sp³-hybridized carbons (Fsp3) is 0.548. The number of anilines is 1. The Morgan fingerprint density at radius 1 is 0.765 bits per heavy atom. The number of nitrogens with zero attached hydrogens (tertiary/aromatic N) is 1. The van der Waals surface area contributed by atoms with E-state index in [1.165, 1.54) is 98.0 Å². The summed E-state index contributed by atoms with van der Waals surface area (Å²) in [7, 11) is 0. The molecule has 0 radical (unpaired) electrons. The van der Waals surface area contributed by atoms with Gasteiger partial charge < -0.3 is 15.5 Å². The van der Waals surface area contributed by atoms with Crippen LogP contribution in [0.1, 0.15) is 79.2 Å². The van der Waals surface area contributed by atoms with Crippen molar-refractivity contribution < 1.29 is 0 Å². The quantitative estimate of drug-likeness (QED) is 0.276. The Labute approximate surface area is 208 Å². The fourth-order valence-electron chi connectivity index (χ4n) is 5.39. The summed E-state index contributed by atoms with van der Waals surface area (Å²) in [5.41, 5.74) is 10.2. The molecule has 2 aliphatic rings. The van der Waals surface area contributed by atoms with Crippen LogP contribution in [-0.2, 0) is 19.5 Å². The highest BCUT2D eigenvalue weighted by molar-refractivity contribution is 5.51. The number of allylic oxidation sites excluding steroid dienone is 2. The van der Waals surface area contributed by atoms with Gasteiger partial charge in [0.05, 0.1) is 0 Å². The maximum atomic E-state index is 3.65. The molecule has 1 aliphatic carbocycles. The molecular formula is C31H45N3. The first-order valence-corrected chi connectivity index (χ1v) is 13.7. The maximum absolute atomic E-state index is 3.65. The van der Waals surface area contributed by atoms with Gasteiger partial charge in [-0.05, 0) is 125 Å².